The van der Waals surface area contributed by atoms with Crippen LogP contribution < -0.4 is 10.1 Å². The first-order chi connectivity index (χ1) is 16.3. The van der Waals surface area contributed by atoms with Crippen LogP contribution in [0, 0.1) is 11.3 Å². The highest BCUT2D eigenvalue weighted by Gasteiger charge is 2.28. The number of amides is 1. The van der Waals surface area contributed by atoms with E-state index in [9.17, 15) is 9.59 Å². The maximum atomic E-state index is 13.2. The highest BCUT2D eigenvalue weighted by Crippen LogP contribution is 2.31. The monoisotopic (exact) mass is 451 g/mol. The molecule has 0 fully saturated rings. The van der Waals surface area contributed by atoms with Gasteiger partial charge >= 0.3 is 0 Å². The summed E-state index contributed by atoms with van der Waals surface area (Å²) in [5.41, 5.74) is 4.46. The SMILES string of the molecule is COc1ccc2c(c1)C(CC(=O)c1cccc(NC(=O)c3ccc(C#N)cc3)c1)=NC(C)(C)C2. The summed E-state index contributed by atoms with van der Waals surface area (Å²) in [6, 6.07) is 21.2. The van der Waals surface area contributed by atoms with E-state index in [1.807, 2.05) is 24.3 Å². The second-order valence-electron chi connectivity index (χ2n) is 8.89. The summed E-state index contributed by atoms with van der Waals surface area (Å²) >= 11 is 0. The number of ketones is 1. The molecule has 1 N–H and O–H groups in total. The topological polar surface area (TPSA) is 91.5 Å². The number of carbonyl (C=O) groups excluding carboxylic acids is 2. The molecule has 0 aromatic heterocycles. The zero-order valence-electron chi connectivity index (χ0n) is 19.4. The largest absolute Gasteiger partial charge is 0.497 e. The van der Waals surface area contributed by atoms with Gasteiger partial charge in [-0.1, -0.05) is 18.2 Å². The number of hydrogen-bond donors (Lipinski definition) is 1. The highest BCUT2D eigenvalue weighted by atomic mass is 16.5. The van der Waals surface area contributed by atoms with E-state index in [1.54, 1.807) is 55.6 Å². The lowest BCUT2D eigenvalue weighted by atomic mass is 9.85. The van der Waals surface area contributed by atoms with Gasteiger partial charge in [-0.15, -0.1) is 0 Å². The van der Waals surface area contributed by atoms with Crippen molar-refractivity contribution in [3.8, 4) is 11.8 Å². The number of Topliss-reactive ketones (excluding diaryl/α,β-unsaturated/α-hetero) is 1. The molecule has 1 amide bonds. The lowest BCUT2D eigenvalue weighted by Crippen LogP contribution is -2.30. The lowest BCUT2D eigenvalue weighted by molar-refractivity contribution is 0.0996. The minimum absolute atomic E-state index is 0.0836. The maximum Gasteiger partial charge on any atom is 0.255 e. The summed E-state index contributed by atoms with van der Waals surface area (Å²) in [5, 5.41) is 11.7. The molecule has 0 unspecified atom stereocenters. The van der Waals surface area contributed by atoms with Gasteiger partial charge in [0.15, 0.2) is 5.78 Å². The van der Waals surface area contributed by atoms with Crippen LogP contribution in [0.1, 0.15) is 57.7 Å². The van der Waals surface area contributed by atoms with Crippen LogP contribution in [0.15, 0.2) is 71.7 Å². The van der Waals surface area contributed by atoms with Gasteiger partial charge < -0.3 is 10.1 Å². The molecule has 6 nitrogen and oxygen atoms in total. The van der Waals surface area contributed by atoms with Gasteiger partial charge in [0, 0.05) is 22.4 Å². The Morgan fingerprint density at radius 3 is 2.53 bits per heavy atom. The van der Waals surface area contributed by atoms with Crippen molar-refractivity contribution in [2.75, 3.05) is 12.4 Å². The molecule has 0 bridgehead atoms. The third-order valence-electron chi connectivity index (χ3n) is 5.74. The molecule has 3 aromatic rings. The molecule has 0 saturated heterocycles. The fourth-order valence-electron chi connectivity index (χ4n) is 4.10. The normalized spacial score (nSPS) is 13.8. The smallest absolute Gasteiger partial charge is 0.255 e. The second-order valence-corrected chi connectivity index (χ2v) is 8.89. The summed E-state index contributed by atoms with van der Waals surface area (Å²) < 4.78 is 5.38. The summed E-state index contributed by atoms with van der Waals surface area (Å²) in [6.07, 6.45) is 0.942. The van der Waals surface area contributed by atoms with Crippen molar-refractivity contribution in [3.05, 3.63) is 94.5 Å². The molecule has 3 aromatic carbocycles. The number of benzene rings is 3. The minimum Gasteiger partial charge on any atom is -0.497 e. The predicted molar refractivity (Wildman–Crippen MR) is 132 cm³/mol. The zero-order chi connectivity index (χ0) is 24.3. The number of carbonyl (C=O) groups is 2. The van der Waals surface area contributed by atoms with Crippen molar-refractivity contribution in [2.24, 2.45) is 4.99 Å². The predicted octanol–water partition coefficient (Wildman–Crippen LogP) is 5.22. The van der Waals surface area contributed by atoms with Crippen LogP contribution in [-0.4, -0.2) is 30.1 Å². The number of hydrogen-bond acceptors (Lipinski definition) is 5. The first kappa shape index (κ1) is 22.9. The van der Waals surface area contributed by atoms with Gasteiger partial charge in [-0.05, 0) is 74.4 Å². The number of aliphatic imine (C=N–C) groups is 1. The van der Waals surface area contributed by atoms with Crippen LogP contribution in [-0.2, 0) is 6.42 Å². The molecule has 1 aliphatic heterocycles. The van der Waals surface area contributed by atoms with Gasteiger partial charge in [0.1, 0.15) is 5.75 Å². The van der Waals surface area contributed by atoms with Gasteiger partial charge in [0.25, 0.3) is 5.91 Å². The number of anilines is 1. The molecule has 170 valence electrons. The Bertz CT molecular complexity index is 1330. The standard InChI is InChI=1S/C28H25N3O3/c1-28(2)16-21-11-12-23(34-3)14-24(21)25(31-28)15-26(32)20-5-4-6-22(13-20)30-27(33)19-9-7-18(17-29)8-10-19/h4-14H,15-16H2,1-3H3,(H,30,33). The van der Waals surface area contributed by atoms with Gasteiger partial charge in [-0.2, -0.15) is 5.26 Å². The summed E-state index contributed by atoms with van der Waals surface area (Å²) in [6.45, 7) is 4.12. The molecule has 1 heterocycles. The maximum absolute atomic E-state index is 13.2. The molecule has 0 radical (unpaired) electrons. The van der Waals surface area contributed by atoms with Crippen molar-refractivity contribution >= 4 is 23.1 Å². The van der Waals surface area contributed by atoms with Gasteiger partial charge in [-0.3, -0.25) is 14.6 Å². The molecule has 1 aliphatic rings. The number of nitrogens with zero attached hydrogens (tertiary/aromatic N) is 2. The number of methoxy groups -OCH3 is 1. The molecular formula is C28H25N3O3. The lowest BCUT2D eigenvalue weighted by Gasteiger charge is -2.29. The van der Waals surface area contributed by atoms with Crippen molar-refractivity contribution in [1.29, 1.82) is 5.26 Å². The number of nitriles is 1. The Labute approximate surface area is 198 Å². The third kappa shape index (κ3) is 5.05. The van der Waals surface area contributed by atoms with Crippen molar-refractivity contribution in [1.82, 2.24) is 0 Å². The van der Waals surface area contributed by atoms with E-state index in [-0.39, 0.29) is 23.7 Å². The van der Waals surface area contributed by atoms with Crippen LogP contribution in [0.5, 0.6) is 5.75 Å². The average molecular weight is 452 g/mol. The molecule has 0 atom stereocenters. The molecule has 4 rings (SSSR count). The van der Waals surface area contributed by atoms with Crippen molar-refractivity contribution in [3.63, 3.8) is 0 Å². The van der Waals surface area contributed by atoms with E-state index < -0.39 is 0 Å². The van der Waals surface area contributed by atoms with Gasteiger partial charge in [-0.25, -0.2) is 0 Å². The third-order valence-corrected chi connectivity index (χ3v) is 5.74. The highest BCUT2D eigenvalue weighted by molar-refractivity contribution is 6.17. The van der Waals surface area contributed by atoms with Crippen LogP contribution in [0.3, 0.4) is 0 Å². The van der Waals surface area contributed by atoms with Crippen LogP contribution in [0.4, 0.5) is 5.69 Å². The van der Waals surface area contributed by atoms with E-state index >= 15 is 0 Å². The summed E-state index contributed by atoms with van der Waals surface area (Å²) in [4.78, 5) is 30.7. The first-order valence-electron chi connectivity index (χ1n) is 11.0. The van der Waals surface area contributed by atoms with E-state index in [0.29, 0.717) is 22.4 Å². The second kappa shape index (κ2) is 9.32. The molecule has 0 spiro atoms. The Morgan fingerprint density at radius 2 is 1.82 bits per heavy atom. The Kier molecular flexibility index (Phi) is 6.29. The van der Waals surface area contributed by atoms with Crippen LogP contribution in [0.2, 0.25) is 0 Å². The molecular weight excluding hydrogens is 426 g/mol. The Balaban J connectivity index is 1.54. The fraction of sp³-hybridized carbons (Fsp3) is 0.214. The number of rotatable bonds is 6. The fourth-order valence-corrected chi connectivity index (χ4v) is 4.10. The van der Waals surface area contributed by atoms with Crippen molar-refractivity contribution < 1.29 is 14.3 Å². The Hall–Kier alpha value is -4.24. The van der Waals surface area contributed by atoms with Crippen LogP contribution >= 0.6 is 0 Å². The van der Waals surface area contributed by atoms with E-state index in [1.165, 1.54) is 0 Å². The molecule has 34 heavy (non-hydrogen) atoms. The zero-order valence-corrected chi connectivity index (χ0v) is 19.4. The molecule has 0 aliphatic carbocycles. The van der Waals surface area contributed by atoms with E-state index in [2.05, 4.69) is 19.2 Å². The molecule has 0 saturated carbocycles. The summed E-state index contributed by atoms with van der Waals surface area (Å²) in [7, 11) is 1.62. The van der Waals surface area contributed by atoms with E-state index in [0.717, 1.165) is 29.0 Å². The number of nitrogens with one attached hydrogen (secondary N) is 1. The summed E-state index contributed by atoms with van der Waals surface area (Å²) in [5.74, 6) is 0.333. The average Bonchev–Trinajstić information content (AvgIpc) is 2.83. The van der Waals surface area contributed by atoms with E-state index in [4.69, 9.17) is 15.0 Å². The first-order valence-corrected chi connectivity index (χ1v) is 11.0. The van der Waals surface area contributed by atoms with Gasteiger partial charge in [0.2, 0.25) is 0 Å². The number of fused-ring (bicyclic) bond motifs is 1. The Morgan fingerprint density at radius 1 is 1.06 bits per heavy atom. The van der Waals surface area contributed by atoms with Crippen LogP contribution in [0.25, 0.3) is 0 Å². The van der Waals surface area contributed by atoms with Gasteiger partial charge in [0.05, 0.1) is 36.4 Å². The minimum atomic E-state index is -0.312. The number of ether oxygens (including phenoxy) is 1. The quantitative estimate of drug-likeness (QED) is 0.521. The molecule has 6 heteroatoms. The van der Waals surface area contributed by atoms with Crippen molar-refractivity contribution in [2.45, 2.75) is 32.2 Å².